The highest BCUT2D eigenvalue weighted by molar-refractivity contribution is 6.01. The van der Waals surface area contributed by atoms with Gasteiger partial charge in [0.2, 0.25) is 0 Å². The molecule has 3 aromatic rings. The first kappa shape index (κ1) is 22.5. The van der Waals surface area contributed by atoms with Gasteiger partial charge >= 0.3 is 0 Å². The minimum absolute atomic E-state index is 0.124. The minimum Gasteiger partial charge on any atom is -0.493 e. The van der Waals surface area contributed by atoms with E-state index >= 15 is 0 Å². The predicted octanol–water partition coefficient (Wildman–Crippen LogP) is 3.49. The molecule has 7 heteroatoms. The van der Waals surface area contributed by atoms with E-state index in [0.29, 0.717) is 35.8 Å². The zero-order valence-corrected chi connectivity index (χ0v) is 18.9. The normalized spacial score (nSPS) is 12.8. The average molecular weight is 449 g/mol. The maximum Gasteiger partial charge on any atom is 0.258 e. The van der Waals surface area contributed by atoms with Crippen LogP contribution in [0.5, 0.6) is 17.2 Å². The van der Waals surface area contributed by atoms with Crippen molar-refractivity contribution >= 4 is 22.6 Å². The molecule has 172 valence electrons. The molecule has 2 amide bonds. The van der Waals surface area contributed by atoms with Crippen molar-refractivity contribution < 1.29 is 23.8 Å². The molecule has 0 aliphatic heterocycles. The summed E-state index contributed by atoms with van der Waals surface area (Å²) in [5.74, 6) is 1.28. The summed E-state index contributed by atoms with van der Waals surface area (Å²) in [4.78, 5) is 25.1. The van der Waals surface area contributed by atoms with Crippen molar-refractivity contribution in [2.24, 2.45) is 0 Å². The average Bonchev–Trinajstić information content (AvgIpc) is 3.65. The Balaban J connectivity index is 1.44. The van der Waals surface area contributed by atoms with Crippen molar-refractivity contribution in [1.82, 2.24) is 10.6 Å². The maximum atomic E-state index is 13.0. The molecule has 1 aliphatic carbocycles. The monoisotopic (exact) mass is 448 g/mol. The van der Waals surface area contributed by atoms with Crippen LogP contribution in [0.2, 0.25) is 0 Å². The number of amides is 2. The second kappa shape index (κ2) is 10.3. The molecule has 1 saturated carbocycles. The Morgan fingerprint density at radius 1 is 0.909 bits per heavy atom. The van der Waals surface area contributed by atoms with Gasteiger partial charge in [-0.2, -0.15) is 0 Å². The second-order valence-corrected chi connectivity index (χ2v) is 8.02. The van der Waals surface area contributed by atoms with Gasteiger partial charge in [0.1, 0.15) is 5.75 Å². The van der Waals surface area contributed by atoms with E-state index < -0.39 is 0 Å². The minimum atomic E-state index is -0.251. The molecule has 0 saturated heterocycles. The lowest BCUT2D eigenvalue weighted by atomic mass is 10.0. The predicted molar refractivity (Wildman–Crippen MR) is 126 cm³/mol. The van der Waals surface area contributed by atoms with Crippen molar-refractivity contribution in [2.75, 3.05) is 27.4 Å². The quantitative estimate of drug-likeness (QED) is 0.496. The van der Waals surface area contributed by atoms with Crippen LogP contribution >= 0.6 is 0 Å². The van der Waals surface area contributed by atoms with Crippen LogP contribution in [0, 0.1) is 0 Å². The Morgan fingerprint density at radius 3 is 2.33 bits per heavy atom. The van der Waals surface area contributed by atoms with Crippen molar-refractivity contribution in [2.45, 2.75) is 25.3 Å². The fraction of sp³-hybridized carbons (Fsp3) is 0.308. The summed E-state index contributed by atoms with van der Waals surface area (Å²) in [6.45, 7) is 0.309. The van der Waals surface area contributed by atoms with Crippen LogP contribution in [0.3, 0.4) is 0 Å². The highest BCUT2D eigenvalue weighted by Gasteiger charge is 2.23. The number of ether oxygens (including phenoxy) is 3. The van der Waals surface area contributed by atoms with E-state index in [2.05, 4.69) is 10.6 Å². The van der Waals surface area contributed by atoms with Gasteiger partial charge in [-0.1, -0.05) is 30.3 Å². The molecular weight excluding hydrogens is 420 g/mol. The highest BCUT2D eigenvalue weighted by Crippen LogP contribution is 2.28. The Morgan fingerprint density at radius 2 is 1.64 bits per heavy atom. The molecule has 0 spiro atoms. The summed E-state index contributed by atoms with van der Waals surface area (Å²) >= 11 is 0. The van der Waals surface area contributed by atoms with Gasteiger partial charge in [0.05, 0.1) is 19.8 Å². The van der Waals surface area contributed by atoms with E-state index in [1.165, 1.54) is 0 Å². The summed E-state index contributed by atoms with van der Waals surface area (Å²) in [5.41, 5.74) is 1.42. The number of methoxy groups -OCH3 is 2. The lowest BCUT2D eigenvalue weighted by Crippen LogP contribution is -2.31. The summed E-state index contributed by atoms with van der Waals surface area (Å²) in [5, 5.41) is 7.72. The van der Waals surface area contributed by atoms with Gasteiger partial charge in [-0.15, -0.1) is 0 Å². The number of carbonyl (C=O) groups is 2. The number of benzene rings is 3. The standard InChI is InChI=1S/C26H28N2O5/c1-31-22-10-7-17(13-24(22)32-2)11-12-27-26(30)21-14-18-5-3-4-6-19(18)15-23(21)33-16-25(29)28-20-8-9-20/h3-7,10,13-15,20H,8-9,11-12,16H2,1-2H3,(H,27,30)(H,28,29). The van der Waals surface area contributed by atoms with Gasteiger partial charge in [-0.05, 0) is 59.9 Å². The van der Waals surface area contributed by atoms with Crippen LogP contribution in [-0.2, 0) is 11.2 Å². The number of fused-ring (bicyclic) bond motifs is 1. The van der Waals surface area contributed by atoms with Crippen molar-refractivity contribution in [3.63, 3.8) is 0 Å². The first-order chi connectivity index (χ1) is 16.1. The van der Waals surface area contributed by atoms with Gasteiger partial charge in [0, 0.05) is 12.6 Å². The van der Waals surface area contributed by atoms with Gasteiger partial charge in [-0.3, -0.25) is 9.59 Å². The molecule has 1 fully saturated rings. The van der Waals surface area contributed by atoms with E-state index in [4.69, 9.17) is 14.2 Å². The molecule has 0 unspecified atom stereocenters. The molecular formula is C26H28N2O5. The molecule has 0 radical (unpaired) electrons. The summed E-state index contributed by atoms with van der Waals surface area (Å²) in [6, 6.07) is 17.3. The zero-order valence-electron chi connectivity index (χ0n) is 18.9. The lowest BCUT2D eigenvalue weighted by Gasteiger charge is -2.14. The Hall–Kier alpha value is -3.74. The van der Waals surface area contributed by atoms with Crippen molar-refractivity contribution in [1.29, 1.82) is 0 Å². The van der Waals surface area contributed by atoms with Crippen LogP contribution in [0.15, 0.2) is 54.6 Å². The molecule has 0 heterocycles. The van der Waals surface area contributed by atoms with Gasteiger partial charge in [-0.25, -0.2) is 0 Å². The molecule has 0 aromatic heterocycles. The fourth-order valence-corrected chi connectivity index (χ4v) is 3.61. The van der Waals surface area contributed by atoms with Crippen molar-refractivity contribution in [3.05, 3.63) is 65.7 Å². The molecule has 0 atom stereocenters. The smallest absolute Gasteiger partial charge is 0.258 e. The highest BCUT2D eigenvalue weighted by atomic mass is 16.5. The number of hydrogen-bond donors (Lipinski definition) is 2. The maximum absolute atomic E-state index is 13.0. The van der Waals surface area contributed by atoms with Crippen molar-refractivity contribution in [3.8, 4) is 17.2 Å². The van der Waals surface area contributed by atoms with E-state index in [1.807, 2.05) is 48.5 Å². The molecule has 4 rings (SSSR count). The number of rotatable bonds is 10. The summed E-state index contributed by atoms with van der Waals surface area (Å²) in [7, 11) is 3.19. The van der Waals surface area contributed by atoms with Crippen LogP contribution in [0.25, 0.3) is 10.8 Å². The number of carbonyl (C=O) groups excluding carboxylic acids is 2. The topological polar surface area (TPSA) is 85.9 Å². The molecule has 0 bridgehead atoms. The molecule has 3 aromatic carbocycles. The largest absolute Gasteiger partial charge is 0.493 e. The SMILES string of the molecule is COc1ccc(CCNC(=O)c2cc3ccccc3cc2OCC(=O)NC2CC2)cc1OC. The molecule has 33 heavy (non-hydrogen) atoms. The van der Waals surface area contributed by atoms with Gasteiger partial charge in [0.25, 0.3) is 11.8 Å². The first-order valence-electron chi connectivity index (χ1n) is 11.0. The van der Waals surface area contributed by atoms with Gasteiger partial charge in [0.15, 0.2) is 18.1 Å². The van der Waals surface area contributed by atoms with Crippen LogP contribution in [-0.4, -0.2) is 45.2 Å². The summed E-state index contributed by atoms with van der Waals surface area (Å²) < 4.78 is 16.4. The Bertz CT molecular complexity index is 1160. The van der Waals surface area contributed by atoms with E-state index in [0.717, 1.165) is 29.2 Å². The molecule has 1 aliphatic rings. The van der Waals surface area contributed by atoms with E-state index in [9.17, 15) is 9.59 Å². The van der Waals surface area contributed by atoms with Crippen LogP contribution in [0.1, 0.15) is 28.8 Å². The molecule has 2 N–H and O–H groups in total. The van der Waals surface area contributed by atoms with E-state index in [1.54, 1.807) is 20.3 Å². The number of hydrogen-bond acceptors (Lipinski definition) is 5. The van der Waals surface area contributed by atoms with Gasteiger partial charge < -0.3 is 24.8 Å². The lowest BCUT2D eigenvalue weighted by molar-refractivity contribution is -0.123. The Labute approximate surface area is 193 Å². The fourth-order valence-electron chi connectivity index (χ4n) is 3.61. The second-order valence-electron chi connectivity index (χ2n) is 8.02. The summed E-state index contributed by atoms with van der Waals surface area (Å²) in [6.07, 6.45) is 2.64. The van der Waals surface area contributed by atoms with Crippen LogP contribution in [0.4, 0.5) is 0 Å². The van der Waals surface area contributed by atoms with E-state index in [-0.39, 0.29) is 24.5 Å². The third-order valence-corrected chi connectivity index (χ3v) is 5.54. The molecule has 7 nitrogen and oxygen atoms in total. The third kappa shape index (κ3) is 5.74. The Kier molecular flexibility index (Phi) is 6.98. The first-order valence-corrected chi connectivity index (χ1v) is 11.0. The zero-order chi connectivity index (χ0) is 23.2. The number of nitrogens with one attached hydrogen (secondary N) is 2. The van der Waals surface area contributed by atoms with Crippen LogP contribution < -0.4 is 24.8 Å². The third-order valence-electron chi connectivity index (χ3n) is 5.54.